The van der Waals surface area contributed by atoms with Gasteiger partial charge in [0.05, 0.1) is 6.42 Å². The Morgan fingerprint density at radius 2 is 2.00 bits per heavy atom. The molecule has 0 saturated carbocycles. The molecule has 122 valence electrons. The Morgan fingerprint density at radius 3 is 2.83 bits per heavy atom. The lowest BCUT2D eigenvalue weighted by molar-refractivity contribution is -0.125. The van der Waals surface area contributed by atoms with Crippen LogP contribution in [0.15, 0.2) is 42.5 Å². The minimum atomic E-state index is -0.711. The van der Waals surface area contributed by atoms with Crippen LogP contribution in [0.4, 0.5) is 11.4 Å². The summed E-state index contributed by atoms with van der Waals surface area (Å²) in [6.45, 7) is 0.162. The van der Waals surface area contributed by atoms with Crippen LogP contribution in [0.25, 0.3) is 0 Å². The predicted molar refractivity (Wildman–Crippen MR) is 88.5 cm³/mol. The summed E-state index contributed by atoms with van der Waals surface area (Å²) in [4.78, 5) is 25.8. The van der Waals surface area contributed by atoms with Crippen LogP contribution >= 0.6 is 0 Å². The van der Waals surface area contributed by atoms with Crippen molar-refractivity contribution < 1.29 is 19.1 Å². The molecule has 2 aromatic rings. The molecular formula is C18H16N2O4. The molecule has 0 bridgehead atoms. The van der Waals surface area contributed by atoms with E-state index in [-0.39, 0.29) is 18.4 Å². The van der Waals surface area contributed by atoms with Gasteiger partial charge in [0.25, 0.3) is 5.91 Å². The van der Waals surface area contributed by atoms with Gasteiger partial charge in [-0.25, -0.2) is 0 Å². The Labute approximate surface area is 139 Å². The third kappa shape index (κ3) is 2.46. The normalized spacial score (nSPS) is 18.3. The number of rotatable bonds is 2. The third-order valence-corrected chi connectivity index (χ3v) is 4.23. The monoisotopic (exact) mass is 324 g/mol. The van der Waals surface area contributed by atoms with E-state index in [1.807, 2.05) is 24.3 Å². The van der Waals surface area contributed by atoms with Gasteiger partial charge in [0.15, 0.2) is 11.5 Å². The van der Waals surface area contributed by atoms with E-state index < -0.39 is 6.10 Å². The van der Waals surface area contributed by atoms with Crippen LogP contribution < -0.4 is 19.7 Å². The number of carbonyl (C=O) groups is 2. The topological polar surface area (TPSA) is 67.9 Å². The Kier molecular flexibility index (Phi) is 3.37. The Bertz CT molecular complexity index is 834. The Balaban J connectivity index is 1.48. The third-order valence-electron chi connectivity index (χ3n) is 4.23. The maximum Gasteiger partial charge on any atom is 0.269 e. The maximum absolute atomic E-state index is 12.4. The largest absolute Gasteiger partial charge is 0.485 e. The van der Waals surface area contributed by atoms with Crippen LogP contribution in [0.5, 0.6) is 11.5 Å². The molecule has 6 heteroatoms. The number of nitrogens with one attached hydrogen (secondary N) is 1. The zero-order valence-corrected chi connectivity index (χ0v) is 13.1. The first-order valence-electron chi connectivity index (χ1n) is 7.70. The summed E-state index contributed by atoms with van der Waals surface area (Å²) in [7, 11) is 1.75. The number of fused-ring (bicyclic) bond motifs is 2. The number of likely N-dealkylation sites (N-methyl/N-ethyl adjacent to an activating group) is 1. The van der Waals surface area contributed by atoms with Gasteiger partial charge in [-0.1, -0.05) is 12.1 Å². The molecule has 0 radical (unpaired) electrons. The van der Waals surface area contributed by atoms with Crippen LogP contribution in [0, 0.1) is 0 Å². The summed E-state index contributed by atoms with van der Waals surface area (Å²) >= 11 is 0. The average molecular weight is 324 g/mol. The highest BCUT2D eigenvalue weighted by molar-refractivity contribution is 6.02. The predicted octanol–water partition coefficient (Wildman–Crippen LogP) is 1.98. The molecule has 0 saturated heterocycles. The summed E-state index contributed by atoms with van der Waals surface area (Å²) in [6, 6.07) is 12.7. The molecule has 2 amide bonds. The van der Waals surface area contributed by atoms with Gasteiger partial charge in [-0.3, -0.25) is 9.59 Å². The zero-order valence-electron chi connectivity index (χ0n) is 13.1. The standard InChI is InChI=1S/C18H16N2O4/c1-20-13-7-6-12(8-11(13)9-17(20)21)19-18(22)16-10-23-14-4-2-3-5-15(14)24-16/h2-8,16H,9-10H2,1H3,(H,19,22). The maximum atomic E-state index is 12.4. The molecule has 24 heavy (non-hydrogen) atoms. The Hall–Kier alpha value is -3.02. The van der Waals surface area contributed by atoms with Gasteiger partial charge >= 0.3 is 0 Å². The van der Waals surface area contributed by atoms with Gasteiger partial charge in [0, 0.05) is 18.4 Å². The number of nitrogens with zero attached hydrogens (tertiary/aromatic N) is 1. The lowest BCUT2D eigenvalue weighted by Gasteiger charge is -2.25. The number of hydrogen-bond donors (Lipinski definition) is 1. The molecule has 0 aromatic heterocycles. The fraction of sp³-hybridized carbons (Fsp3) is 0.222. The van der Waals surface area contributed by atoms with Crippen molar-refractivity contribution in [3.05, 3.63) is 48.0 Å². The molecule has 4 rings (SSSR count). The van der Waals surface area contributed by atoms with Crippen molar-refractivity contribution >= 4 is 23.2 Å². The van der Waals surface area contributed by atoms with E-state index in [1.165, 1.54) is 0 Å². The van der Waals surface area contributed by atoms with Crippen molar-refractivity contribution in [3.63, 3.8) is 0 Å². The van der Waals surface area contributed by atoms with Crippen molar-refractivity contribution in [2.24, 2.45) is 0 Å². The average Bonchev–Trinajstić information content (AvgIpc) is 2.88. The number of anilines is 2. The van der Waals surface area contributed by atoms with Crippen molar-refractivity contribution in [2.45, 2.75) is 12.5 Å². The minimum absolute atomic E-state index is 0.0501. The summed E-state index contributed by atoms with van der Waals surface area (Å²) in [5, 5.41) is 2.83. The first kappa shape index (κ1) is 14.6. The van der Waals surface area contributed by atoms with Crippen molar-refractivity contribution in [1.29, 1.82) is 0 Å². The van der Waals surface area contributed by atoms with Gasteiger partial charge in [-0.2, -0.15) is 0 Å². The van der Waals surface area contributed by atoms with Crippen LogP contribution in [0.1, 0.15) is 5.56 Å². The molecule has 6 nitrogen and oxygen atoms in total. The van der Waals surface area contributed by atoms with Gasteiger partial charge in [0.2, 0.25) is 12.0 Å². The van der Waals surface area contributed by atoms with Crippen molar-refractivity contribution in [1.82, 2.24) is 0 Å². The second kappa shape index (κ2) is 5.56. The SMILES string of the molecule is CN1C(=O)Cc2cc(NC(=O)C3COc4ccccc4O3)ccc21. The number of carbonyl (C=O) groups excluding carboxylic acids is 2. The number of hydrogen-bond acceptors (Lipinski definition) is 4. The molecule has 1 unspecified atom stereocenters. The molecular weight excluding hydrogens is 308 g/mol. The second-order valence-corrected chi connectivity index (χ2v) is 5.83. The van der Waals surface area contributed by atoms with Gasteiger partial charge in [-0.05, 0) is 35.9 Å². The number of para-hydroxylation sites is 2. The highest BCUT2D eigenvalue weighted by Crippen LogP contribution is 2.32. The summed E-state index contributed by atoms with van der Waals surface area (Å²) in [6.07, 6.45) is -0.358. The molecule has 1 atom stereocenters. The molecule has 1 N–H and O–H groups in total. The van der Waals surface area contributed by atoms with E-state index in [9.17, 15) is 9.59 Å². The van der Waals surface area contributed by atoms with E-state index in [1.54, 1.807) is 30.1 Å². The van der Waals surface area contributed by atoms with E-state index in [4.69, 9.17) is 9.47 Å². The number of ether oxygens (including phenoxy) is 2. The molecule has 2 aliphatic heterocycles. The quantitative estimate of drug-likeness (QED) is 0.917. The van der Waals surface area contributed by atoms with E-state index >= 15 is 0 Å². The van der Waals surface area contributed by atoms with Crippen LogP contribution in [-0.4, -0.2) is 31.6 Å². The first-order chi connectivity index (χ1) is 11.6. The minimum Gasteiger partial charge on any atom is -0.485 e. The molecule has 2 heterocycles. The van der Waals surface area contributed by atoms with Crippen LogP contribution in [0.2, 0.25) is 0 Å². The fourth-order valence-corrected chi connectivity index (χ4v) is 2.92. The van der Waals surface area contributed by atoms with Crippen LogP contribution in [-0.2, 0) is 16.0 Å². The van der Waals surface area contributed by atoms with E-state index in [0.717, 1.165) is 11.3 Å². The number of benzene rings is 2. The smallest absolute Gasteiger partial charge is 0.269 e. The molecule has 2 aliphatic rings. The lowest BCUT2D eigenvalue weighted by Crippen LogP contribution is -2.40. The summed E-state index contributed by atoms with van der Waals surface area (Å²) in [5.41, 5.74) is 2.43. The van der Waals surface area contributed by atoms with Gasteiger partial charge in [-0.15, -0.1) is 0 Å². The fourth-order valence-electron chi connectivity index (χ4n) is 2.92. The Morgan fingerprint density at radius 1 is 1.21 bits per heavy atom. The first-order valence-corrected chi connectivity index (χ1v) is 7.70. The second-order valence-electron chi connectivity index (χ2n) is 5.83. The highest BCUT2D eigenvalue weighted by Gasteiger charge is 2.28. The van der Waals surface area contributed by atoms with Crippen molar-refractivity contribution in [3.8, 4) is 11.5 Å². The zero-order chi connectivity index (χ0) is 16.7. The molecule has 0 aliphatic carbocycles. The van der Waals surface area contributed by atoms with Gasteiger partial charge < -0.3 is 19.7 Å². The van der Waals surface area contributed by atoms with Gasteiger partial charge in [0.1, 0.15) is 6.61 Å². The lowest BCUT2D eigenvalue weighted by atomic mass is 10.1. The summed E-state index contributed by atoms with van der Waals surface area (Å²) < 4.78 is 11.3. The molecule has 2 aromatic carbocycles. The summed E-state index contributed by atoms with van der Waals surface area (Å²) in [5.74, 6) is 0.974. The highest BCUT2D eigenvalue weighted by atomic mass is 16.6. The van der Waals surface area contributed by atoms with Crippen LogP contribution in [0.3, 0.4) is 0 Å². The van der Waals surface area contributed by atoms with E-state index in [0.29, 0.717) is 23.6 Å². The van der Waals surface area contributed by atoms with E-state index in [2.05, 4.69) is 5.32 Å². The molecule has 0 spiro atoms. The van der Waals surface area contributed by atoms with Crippen molar-refractivity contribution in [2.75, 3.05) is 23.9 Å². The number of amides is 2. The molecule has 0 fully saturated rings.